The fraction of sp³-hybridized carbons (Fsp3) is 0.286. The van der Waals surface area contributed by atoms with Crippen molar-refractivity contribution in [2.75, 3.05) is 23.8 Å². The van der Waals surface area contributed by atoms with Crippen molar-refractivity contribution in [3.63, 3.8) is 0 Å². The largest absolute Gasteiger partial charge is 0.455 e. The second-order valence-electron chi connectivity index (χ2n) is 6.32. The number of ether oxygens (including phenoxy) is 1. The van der Waals surface area contributed by atoms with Gasteiger partial charge in [-0.2, -0.15) is 5.26 Å². The number of carbonyl (C=O) groups is 2. The number of nitriles is 1. The van der Waals surface area contributed by atoms with Gasteiger partial charge in [-0.15, -0.1) is 11.8 Å². The highest BCUT2D eigenvalue weighted by Crippen LogP contribution is 2.23. The predicted molar refractivity (Wildman–Crippen MR) is 107 cm³/mol. The summed E-state index contributed by atoms with van der Waals surface area (Å²) in [5.41, 5.74) is 2.54. The maximum absolute atomic E-state index is 13.6. The Morgan fingerprint density at radius 2 is 1.83 bits per heavy atom. The number of nitrogens with zero attached hydrogens (tertiary/aromatic N) is 2. The van der Waals surface area contributed by atoms with Crippen LogP contribution in [0.4, 0.5) is 14.5 Å². The van der Waals surface area contributed by atoms with E-state index in [0.717, 1.165) is 41.1 Å². The second kappa shape index (κ2) is 10.6. The van der Waals surface area contributed by atoms with Crippen LogP contribution in [-0.2, 0) is 14.3 Å². The van der Waals surface area contributed by atoms with Gasteiger partial charge in [0, 0.05) is 17.1 Å². The molecule has 29 heavy (non-hydrogen) atoms. The molecule has 8 heteroatoms. The molecule has 5 nitrogen and oxygen atoms in total. The predicted octanol–water partition coefficient (Wildman–Crippen LogP) is 4.16. The van der Waals surface area contributed by atoms with E-state index in [0.29, 0.717) is 5.69 Å². The van der Waals surface area contributed by atoms with Gasteiger partial charge in [-0.1, -0.05) is 6.07 Å². The quantitative estimate of drug-likeness (QED) is 0.476. The Labute approximate surface area is 172 Å². The zero-order valence-electron chi connectivity index (χ0n) is 16.1. The molecule has 0 saturated heterocycles. The number of rotatable bonds is 8. The standard InChI is InChI=1S/C21H20F2N2O3S/c1-14-8-15(2)10-17(9-14)25(7-3-6-24)20(26)12-28-21(27)13-29-19-11-16(22)4-5-18(19)23/h4-5,8-11H,3,7,12-13H2,1-2H3. The molecule has 0 aliphatic carbocycles. The van der Waals surface area contributed by atoms with Gasteiger partial charge < -0.3 is 9.64 Å². The molecule has 0 aromatic heterocycles. The zero-order chi connectivity index (χ0) is 21.4. The first kappa shape index (κ1) is 22.4. The second-order valence-corrected chi connectivity index (χ2v) is 7.34. The van der Waals surface area contributed by atoms with Crippen molar-refractivity contribution in [2.45, 2.75) is 25.2 Å². The van der Waals surface area contributed by atoms with Crippen LogP contribution in [0, 0.1) is 36.8 Å². The van der Waals surface area contributed by atoms with Crippen LogP contribution in [0.3, 0.4) is 0 Å². The Morgan fingerprint density at radius 3 is 2.48 bits per heavy atom. The average Bonchev–Trinajstić information content (AvgIpc) is 2.66. The molecule has 2 aromatic carbocycles. The summed E-state index contributed by atoms with van der Waals surface area (Å²) in [6.07, 6.45) is 0.126. The van der Waals surface area contributed by atoms with Crippen LogP contribution >= 0.6 is 11.8 Å². The molecule has 1 amide bonds. The molecule has 0 saturated carbocycles. The van der Waals surface area contributed by atoms with Gasteiger partial charge in [0.15, 0.2) is 6.61 Å². The summed E-state index contributed by atoms with van der Waals surface area (Å²) in [4.78, 5) is 25.9. The molecular weight excluding hydrogens is 398 g/mol. The van der Waals surface area contributed by atoms with Crippen molar-refractivity contribution in [3.8, 4) is 6.07 Å². The number of thioether (sulfide) groups is 1. The summed E-state index contributed by atoms with van der Waals surface area (Å²) in [6.45, 7) is 3.45. The molecule has 0 spiro atoms. The van der Waals surface area contributed by atoms with Crippen molar-refractivity contribution in [1.82, 2.24) is 0 Å². The maximum Gasteiger partial charge on any atom is 0.316 e. The zero-order valence-corrected chi connectivity index (χ0v) is 16.9. The lowest BCUT2D eigenvalue weighted by Crippen LogP contribution is -2.35. The van der Waals surface area contributed by atoms with E-state index in [4.69, 9.17) is 10.00 Å². The fourth-order valence-corrected chi connectivity index (χ4v) is 3.41. The van der Waals surface area contributed by atoms with Gasteiger partial charge in [0.1, 0.15) is 11.6 Å². The molecule has 0 atom stereocenters. The maximum atomic E-state index is 13.6. The van der Waals surface area contributed by atoms with Crippen LogP contribution in [0.1, 0.15) is 17.5 Å². The molecule has 0 bridgehead atoms. The molecular formula is C21H20F2N2O3S. The first-order valence-corrected chi connectivity index (χ1v) is 9.78. The van der Waals surface area contributed by atoms with Crippen LogP contribution in [0.2, 0.25) is 0 Å². The summed E-state index contributed by atoms with van der Waals surface area (Å²) in [5, 5.41) is 8.86. The van der Waals surface area contributed by atoms with E-state index in [-0.39, 0.29) is 23.6 Å². The van der Waals surface area contributed by atoms with Crippen molar-refractivity contribution < 1.29 is 23.1 Å². The number of aryl methyl sites for hydroxylation is 2. The monoisotopic (exact) mass is 418 g/mol. The third kappa shape index (κ3) is 6.88. The van der Waals surface area contributed by atoms with E-state index in [1.807, 2.05) is 38.1 Å². The van der Waals surface area contributed by atoms with Crippen LogP contribution in [0.5, 0.6) is 0 Å². The third-order valence-electron chi connectivity index (χ3n) is 3.86. The molecule has 0 N–H and O–H groups in total. The van der Waals surface area contributed by atoms with Crippen molar-refractivity contribution in [3.05, 3.63) is 59.2 Å². The van der Waals surface area contributed by atoms with Gasteiger partial charge in [0.25, 0.3) is 5.91 Å². The van der Waals surface area contributed by atoms with E-state index in [9.17, 15) is 18.4 Å². The van der Waals surface area contributed by atoms with E-state index in [2.05, 4.69) is 0 Å². The van der Waals surface area contributed by atoms with E-state index < -0.39 is 30.1 Å². The third-order valence-corrected chi connectivity index (χ3v) is 4.87. The van der Waals surface area contributed by atoms with Gasteiger partial charge >= 0.3 is 5.97 Å². The van der Waals surface area contributed by atoms with Gasteiger partial charge in [0.2, 0.25) is 0 Å². The summed E-state index contributed by atoms with van der Waals surface area (Å²) >= 11 is 0.786. The lowest BCUT2D eigenvalue weighted by atomic mass is 10.1. The van der Waals surface area contributed by atoms with Crippen molar-refractivity contribution >= 4 is 29.3 Å². The molecule has 0 fully saturated rings. The molecule has 0 radical (unpaired) electrons. The fourth-order valence-electron chi connectivity index (χ4n) is 2.65. The topological polar surface area (TPSA) is 70.4 Å². The minimum Gasteiger partial charge on any atom is -0.455 e. The number of halogens is 2. The summed E-state index contributed by atoms with van der Waals surface area (Å²) in [5.74, 6) is -2.72. The minimum atomic E-state index is -0.729. The summed E-state index contributed by atoms with van der Waals surface area (Å²) in [6, 6.07) is 10.5. The molecule has 0 aliphatic rings. The van der Waals surface area contributed by atoms with Crippen LogP contribution < -0.4 is 4.90 Å². The SMILES string of the molecule is Cc1cc(C)cc(N(CCC#N)C(=O)COC(=O)CSc2cc(F)ccc2F)c1. The highest BCUT2D eigenvalue weighted by molar-refractivity contribution is 8.00. The lowest BCUT2D eigenvalue weighted by molar-refractivity contribution is -0.145. The highest BCUT2D eigenvalue weighted by Gasteiger charge is 2.18. The first-order chi connectivity index (χ1) is 13.8. The molecule has 0 aliphatic heterocycles. The first-order valence-electron chi connectivity index (χ1n) is 8.79. The molecule has 2 aromatic rings. The van der Waals surface area contributed by atoms with Gasteiger partial charge in [0.05, 0.1) is 18.2 Å². The summed E-state index contributed by atoms with van der Waals surface area (Å²) < 4.78 is 31.7. The van der Waals surface area contributed by atoms with Gasteiger partial charge in [-0.3, -0.25) is 9.59 Å². The van der Waals surface area contributed by atoms with Crippen molar-refractivity contribution in [2.24, 2.45) is 0 Å². The Balaban J connectivity index is 1.97. The Morgan fingerprint density at radius 1 is 1.14 bits per heavy atom. The highest BCUT2D eigenvalue weighted by atomic mass is 32.2. The molecule has 0 heterocycles. The molecule has 0 unspecified atom stereocenters. The molecule has 152 valence electrons. The van der Waals surface area contributed by atoms with Gasteiger partial charge in [-0.05, 0) is 55.3 Å². The number of hydrogen-bond donors (Lipinski definition) is 0. The van der Waals surface area contributed by atoms with Gasteiger partial charge in [-0.25, -0.2) is 8.78 Å². The Hall–Kier alpha value is -2.92. The normalized spacial score (nSPS) is 10.3. The minimum absolute atomic E-state index is 0.0147. The lowest BCUT2D eigenvalue weighted by Gasteiger charge is -2.22. The van der Waals surface area contributed by atoms with Crippen LogP contribution in [-0.4, -0.2) is 30.8 Å². The molecule has 2 rings (SSSR count). The Bertz CT molecular complexity index is 924. The van der Waals surface area contributed by atoms with E-state index in [1.165, 1.54) is 4.90 Å². The number of carbonyl (C=O) groups excluding carboxylic acids is 2. The number of anilines is 1. The van der Waals surface area contributed by atoms with Crippen LogP contribution in [0.15, 0.2) is 41.3 Å². The number of benzene rings is 2. The Kier molecular flexibility index (Phi) is 8.16. The van der Waals surface area contributed by atoms with E-state index >= 15 is 0 Å². The smallest absolute Gasteiger partial charge is 0.316 e. The van der Waals surface area contributed by atoms with Crippen LogP contribution in [0.25, 0.3) is 0 Å². The summed E-state index contributed by atoms with van der Waals surface area (Å²) in [7, 11) is 0. The van der Waals surface area contributed by atoms with E-state index in [1.54, 1.807) is 0 Å². The number of amides is 1. The van der Waals surface area contributed by atoms with Crippen molar-refractivity contribution in [1.29, 1.82) is 5.26 Å². The average molecular weight is 418 g/mol. The number of hydrogen-bond acceptors (Lipinski definition) is 5. The number of esters is 1.